The molecule has 0 N–H and O–H groups in total. The highest BCUT2D eigenvalue weighted by atomic mass is 16.3. The van der Waals surface area contributed by atoms with E-state index in [1.165, 1.54) is 87.6 Å². The highest BCUT2D eigenvalue weighted by Gasteiger charge is 2.27. The van der Waals surface area contributed by atoms with Crippen LogP contribution in [-0.4, -0.2) is 0 Å². The van der Waals surface area contributed by atoms with Gasteiger partial charge in [0, 0.05) is 179 Å². The highest BCUT2D eigenvalue weighted by molar-refractivity contribution is 6.36. The average molecular weight is 1550 g/mol. The second-order valence-corrected chi connectivity index (χ2v) is 32.8. The lowest BCUT2D eigenvalue weighted by Crippen LogP contribution is -2.12. The lowest BCUT2D eigenvalue weighted by atomic mass is 9.91. The van der Waals surface area contributed by atoms with Crippen LogP contribution in [-0.2, 0) is 0 Å². The van der Waals surface area contributed by atoms with Gasteiger partial charge in [0.25, 0.3) is 0 Å². The van der Waals surface area contributed by atoms with E-state index in [0.29, 0.717) is 0 Å². The molecule has 4 heterocycles. The number of hydrogen-bond acceptors (Lipinski definition) is 8. The number of fused-ring (bicyclic) bond motifs is 16. The normalized spacial score (nSPS) is 12.0. The van der Waals surface area contributed by atoms with Crippen LogP contribution in [0.4, 0.5) is 68.2 Å². The van der Waals surface area contributed by atoms with Gasteiger partial charge in [-0.1, -0.05) is 168 Å². The third kappa shape index (κ3) is 11.2. The number of rotatable bonds is 12. The summed E-state index contributed by atoms with van der Waals surface area (Å²) in [6.07, 6.45) is 0. The van der Waals surface area contributed by atoms with Crippen molar-refractivity contribution in [2.24, 2.45) is 0 Å². The van der Waals surface area contributed by atoms with E-state index in [1.807, 2.05) is 0 Å². The van der Waals surface area contributed by atoms with Gasteiger partial charge in [0.05, 0.1) is 0 Å². The molecule has 24 aromatic rings. The van der Waals surface area contributed by atoms with E-state index in [0.717, 1.165) is 178 Å². The minimum atomic E-state index is 0.863. The maximum absolute atomic E-state index is 6.94. The molecule has 0 aliphatic carbocycles. The Balaban J connectivity index is 0.000000140. The van der Waals surface area contributed by atoms with Crippen molar-refractivity contribution in [2.45, 2.75) is 55.4 Å². The molecule has 0 saturated heterocycles. The van der Waals surface area contributed by atoms with Gasteiger partial charge in [-0.3, -0.25) is 0 Å². The Labute approximate surface area is 693 Å². The van der Waals surface area contributed by atoms with Gasteiger partial charge in [-0.15, -0.1) is 0 Å². The van der Waals surface area contributed by atoms with Gasteiger partial charge < -0.3 is 37.3 Å². The Morgan fingerprint density at radius 2 is 0.367 bits per heavy atom. The number of benzene rings is 20. The minimum absolute atomic E-state index is 0.863. The molecule has 0 aliphatic rings. The van der Waals surface area contributed by atoms with Gasteiger partial charge >= 0.3 is 0 Å². The molecule has 0 saturated carbocycles. The molecule has 0 amide bonds. The summed E-state index contributed by atoms with van der Waals surface area (Å²) >= 11 is 0. The third-order valence-electron chi connectivity index (χ3n) is 25.1. The number of furan rings is 4. The molecule has 0 spiro atoms. The smallest absolute Gasteiger partial charge is 0.143 e. The maximum atomic E-state index is 6.94. The molecule has 0 atom stereocenters. The summed E-state index contributed by atoms with van der Waals surface area (Å²) in [6, 6.07) is 123. The van der Waals surface area contributed by atoms with Crippen LogP contribution < -0.4 is 19.6 Å². The van der Waals surface area contributed by atoms with Crippen LogP contribution in [0.5, 0.6) is 0 Å². The van der Waals surface area contributed by atoms with Crippen molar-refractivity contribution in [1.29, 1.82) is 0 Å². The molecule has 120 heavy (non-hydrogen) atoms. The van der Waals surface area contributed by atoms with Crippen molar-refractivity contribution >= 4 is 221 Å². The molecule has 24 rings (SSSR count). The first-order valence-corrected chi connectivity index (χ1v) is 41.3. The topological polar surface area (TPSA) is 65.5 Å². The fourth-order valence-corrected chi connectivity index (χ4v) is 19.1. The molecule has 0 bridgehead atoms. The Morgan fingerprint density at radius 3 is 0.592 bits per heavy atom. The molecule has 0 radical (unpaired) electrons. The van der Waals surface area contributed by atoms with Gasteiger partial charge in [0.1, 0.15) is 44.7 Å². The first kappa shape index (κ1) is 70.3. The SMILES string of the molecule is Cc1ccc(N(c2ccc(C)cc2)c2ccc3c(c2)oc2c3cc3ccc4c5oc6cc(N(c7ccc(C)cc7)c7ccc(C)cc7)ccc6c5cc5ccc2c3c54)cc1.Cc1ccccc1N(c1ccc2c(c1)oc1c2cc2ccc3c4oc5cc(N(c6ccccc6C)c6ccccc6C)ccc5c4cc4ccc1c2c43)c1ccccc1C. The first-order chi connectivity index (χ1) is 58.7. The number of aryl methyl sites for hydroxylation is 8. The van der Waals surface area contributed by atoms with E-state index < -0.39 is 0 Å². The van der Waals surface area contributed by atoms with Crippen LogP contribution in [0.2, 0.25) is 0 Å². The van der Waals surface area contributed by atoms with Crippen LogP contribution in [0.3, 0.4) is 0 Å². The van der Waals surface area contributed by atoms with E-state index >= 15 is 0 Å². The summed E-state index contributed by atoms with van der Waals surface area (Å²) in [4.78, 5) is 9.30. The van der Waals surface area contributed by atoms with Crippen LogP contribution >= 0.6 is 0 Å². The summed E-state index contributed by atoms with van der Waals surface area (Å²) in [6.45, 7) is 17.2. The zero-order chi connectivity index (χ0) is 80.4. The Hall–Kier alpha value is -15.1. The predicted octanol–water partition coefficient (Wildman–Crippen LogP) is 33.1. The Kier molecular flexibility index (Phi) is 16.0. The molecule has 0 fully saturated rings. The van der Waals surface area contributed by atoms with E-state index in [-0.39, 0.29) is 0 Å². The van der Waals surface area contributed by atoms with E-state index in [2.05, 4.69) is 415 Å². The minimum Gasteiger partial charge on any atom is -0.455 e. The van der Waals surface area contributed by atoms with E-state index in [9.17, 15) is 0 Å². The molecule has 0 unspecified atom stereocenters. The lowest BCUT2D eigenvalue weighted by molar-refractivity contribution is 0.672. The number of para-hydroxylation sites is 4. The van der Waals surface area contributed by atoms with Crippen molar-refractivity contribution in [3.8, 4) is 0 Å². The second kappa shape index (κ2) is 27.2. The first-order valence-electron chi connectivity index (χ1n) is 41.3. The monoisotopic (exact) mass is 1540 g/mol. The zero-order valence-corrected chi connectivity index (χ0v) is 67.8. The van der Waals surface area contributed by atoms with Crippen LogP contribution in [0, 0.1) is 55.4 Å². The van der Waals surface area contributed by atoms with Crippen molar-refractivity contribution in [3.63, 3.8) is 0 Å². The third-order valence-corrected chi connectivity index (χ3v) is 25.1. The fourth-order valence-electron chi connectivity index (χ4n) is 19.1. The van der Waals surface area contributed by atoms with E-state index in [4.69, 9.17) is 17.7 Å². The van der Waals surface area contributed by atoms with Gasteiger partial charge in [0.15, 0.2) is 0 Å². The van der Waals surface area contributed by atoms with Gasteiger partial charge in [0.2, 0.25) is 0 Å². The van der Waals surface area contributed by atoms with Crippen molar-refractivity contribution in [2.75, 3.05) is 19.6 Å². The molecule has 4 aromatic heterocycles. The number of nitrogens with zero attached hydrogens (tertiary/aromatic N) is 4. The highest BCUT2D eigenvalue weighted by Crippen LogP contribution is 2.52. The average Bonchev–Trinajstić information content (AvgIpc) is 1.50. The van der Waals surface area contributed by atoms with Crippen molar-refractivity contribution in [1.82, 2.24) is 0 Å². The molecule has 0 aliphatic heterocycles. The summed E-state index contributed by atoms with van der Waals surface area (Å²) in [7, 11) is 0. The molecule has 8 heteroatoms. The fraction of sp³-hybridized carbons (Fsp3) is 0.0714. The predicted molar refractivity (Wildman–Crippen MR) is 506 cm³/mol. The summed E-state index contributed by atoms with van der Waals surface area (Å²) in [5.41, 5.74) is 30.0. The summed E-state index contributed by atoms with van der Waals surface area (Å²) in [5, 5.41) is 22.9. The van der Waals surface area contributed by atoms with Gasteiger partial charge in [-0.05, 0) is 269 Å². The summed E-state index contributed by atoms with van der Waals surface area (Å²) in [5.74, 6) is 0. The Morgan fingerprint density at radius 1 is 0.167 bits per heavy atom. The Bertz CT molecular complexity index is 7600. The van der Waals surface area contributed by atoms with Crippen LogP contribution in [0.25, 0.3) is 152 Å². The zero-order valence-electron chi connectivity index (χ0n) is 67.8. The number of anilines is 12. The quantitative estimate of drug-likeness (QED) is 0.112. The maximum Gasteiger partial charge on any atom is 0.143 e. The largest absolute Gasteiger partial charge is 0.455 e. The summed E-state index contributed by atoms with van der Waals surface area (Å²) < 4.78 is 27.7. The molecule has 572 valence electrons. The van der Waals surface area contributed by atoms with Gasteiger partial charge in [-0.2, -0.15) is 0 Å². The standard InChI is InChI=1S/2C56H40N2O2/c1-33-5-15-39(16-6-33)57(40-17-7-34(2)8-18-40)43-23-27-45-49-29-37-14-26-48-54-38(13-25-47(53(37)54)55(49)59-51(45)31-43)30-50-46-28-24-44(32-52(46)60-56(48)50)58(41-19-9-35(3)10-20-41)42-21-11-36(4)12-22-42;1-33-13-5-9-17-47(33)57(48-18-10-6-14-34(48)2)39-23-27-41-45-29-37-22-26-44-54-38(21-25-43(53(37)54)55(45)59-51(41)31-39)30-46-42-28-24-40(32-52(42)60-56(44)46)58(49-19-11-7-15-35(49)3)50-20-12-8-16-36(50)4/h2*5-32H,1-4H3. The van der Waals surface area contributed by atoms with Gasteiger partial charge in [-0.25, -0.2) is 0 Å². The molecule has 8 nitrogen and oxygen atoms in total. The molecular formula is C112H80N4O4. The van der Waals surface area contributed by atoms with Crippen LogP contribution in [0.15, 0.2) is 357 Å². The molecule has 20 aromatic carbocycles. The van der Waals surface area contributed by atoms with E-state index in [1.54, 1.807) is 0 Å². The second-order valence-electron chi connectivity index (χ2n) is 32.8. The van der Waals surface area contributed by atoms with Crippen molar-refractivity contribution < 1.29 is 17.7 Å². The number of hydrogen-bond donors (Lipinski definition) is 0. The lowest BCUT2D eigenvalue weighted by Gasteiger charge is -2.28. The van der Waals surface area contributed by atoms with Crippen molar-refractivity contribution in [3.05, 3.63) is 384 Å². The molecular weight excluding hydrogens is 1470 g/mol. The van der Waals surface area contributed by atoms with Crippen LogP contribution in [0.1, 0.15) is 44.5 Å².